The smallest absolute Gasteiger partial charge is 0.407 e. The summed E-state index contributed by atoms with van der Waals surface area (Å²) >= 11 is 4.26. The summed E-state index contributed by atoms with van der Waals surface area (Å²) in [4.78, 5) is 14.6. The topological polar surface area (TPSA) is 158 Å². The van der Waals surface area contributed by atoms with Crippen molar-refractivity contribution in [2.45, 2.75) is 26.3 Å². The molecule has 15 nitrogen and oxygen atoms in total. The molecule has 0 aromatic carbocycles. The summed E-state index contributed by atoms with van der Waals surface area (Å²) < 4.78 is 15.5. The highest BCUT2D eigenvalue weighted by molar-refractivity contribution is 14.1. The first-order valence-corrected chi connectivity index (χ1v) is 11.2. The average molecular weight is 666 g/mol. The number of hydrogen-bond donors (Lipinski definition) is 0. The number of carbonyl (C=O) groups excluding carboxylic acids is 1. The summed E-state index contributed by atoms with van der Waals surface area (Å²) in [5, 5.41) is 32.7. The fourth-order valence-corrected chi connectivity index (χ4v) is 4.10. The average Bonchev–Trinajstić information content (AvgIpc) is 3.50. The van der Waals surface area contributed by atoms with Crippen molar-refractivity contribution in [1.82, 2.24) is 60.0 Å². The fraction of sp³-hybridized carbons (Fsp3) is 0.400. The molecular weight excluding hydrogens is 650 g/mol. The molecule has 2 atom stereocenters. The molecule has 0 fully saturated rings. The number of aryl methyl sites for hydroxylation is 2. The van der Waals surface area contributed by atoms with Crippen molar-refractivity contribution in [3.05, 3.63) is 19.5 Å². The first-order chi connectivity index (χ1) is 15.2. The zero-order valence-corrected chi connectivity index (χ0v) is 21.5. The van der Waals surface area contributed by atoms with E-state index < -0.39 is 18.6 Å². The summed E-state index contributed by atoms with van der Waals surface area (Å²) in [6, 6.07) is 0. The lowest BCUT2D eigenvalue weighted by molar-refractivity contribution is -0.0455. The molecule has 0 N–H and O–H groups in total. The zero-order valence-electron chi connectivity index (χ0n) is 17.2. The molecule has 0 aliphatic carbocycles. The molecular formula is C15H16I2N12O3. The number of halogens is 2. The van der Waals surface area contributed by atoms with Gasteiger partial charge < -0.3 is 9.47 Å². The molecule has 0 amide bonds. The normalized spacial score (nSPS) is 13.2. The maximum atomic E-state index is 12.2. The Labute approximate surface area is 207 Å². The molecule has 4 aromatic rings. The van der Waals surface area contributed by atoms with Gasteiger partial charge in [-0.1, -0.05) is 0 Å². The molecule has 17 heteroatoms. The largest absolute Gasteiger partial charge is 0.512 e. The van der Waals surface area contributed by atoms with Gasteiger partial charge in [0.25, 0.3) is 0 Å². The third-order valence-electron chi connectivity index (χ3n) is 4.25. The Morgan fingerprint density at radius 2 is 1.25 bits per heavy atom. The van der Waals surface area contributed by atoms with Gasteiger partial charge in [0.2, 0.25) is 24.1 Å². The van der Waals surface area contributed by atoms with E-state index in [0.29, 0.717) is 23.0 Å². The van der Waals surface area contributed by atoms with Crippen LogP contribution in [0.25, 0.3) is 23.0 Å². The zero-order chi connectivity index (χ0) is 23.0. The predicted octanol–water partition coefficient (Wildman–Crippen LogP) is 1.56. The summed E-state index contributed by atoms with van der Waals surface area (Å²) in [7, 11) is 3.55. The second-order valence-electron chi connectivity index (χ2n) is 6.48. The summed E-state index contributed by atoms with van der Waals surface area (Å²) in [5.41, 5.74) is 1.41. The van der Waals surface area contributed by atoms with Crippen LogP contribution in [0.3, 0.4) is 0 Å². The summed E-state index contributed by atoms with van der Waals surface area (Å²) in [5.74, 6) is 0.714. The SMILES string of the molecule is CC(OC(=O)OC(C)n1nnc(-c2c(I)cnn2C)n1)n1nnc(-c2c(I)cnn2C)n1. The van der Waals surface area contributed by atoms with Gasteiger partial charge in [-0.25, -0.2) is 4.79 Å². The minimum absolute atomic E-state index is 0.357. The van der Waals surface area contributed by atoms with Gasteiger partial charge in [0.05, 0.1) is 19.5 Å². The fourth-order valence-electron chi connectivity index (χ4n) is 2.67. The first kappa shape index (κ1) is 22.5. The van der Waals surface area contributed by atoms with Crippen molar-refractivity contribution in [1.29, 1.82) is 0 Å². The molecule has 4 heterocycles. The van der Waals surface area contributed by atoms with Gasteiger partial charge in [-0.15, -0.1) is 30.0 Å². The van der Waals surface area contributed by atoms with Crippen LogP contribution in [-0.2, 0) is 23.6 Å². The lowest BCUT2D eigenvalue weighted by Crippen LogP contribution is -2.22. The van der Waals surface area contributed by atoms with E-state index in [1.54, 1.807) is 49.7 Å². The van der Waals surface area contributed by atoms with Crippen molar-refractivity contribution in [2.24, 2.45) is 14.1 Å². The van der Waals surface area contributed by atoms with Crippen LogP contribution in [0.15, 0.2) is 12.4 Å². The lowest BCUT2D eigenvalue weighted by Gasteiger charge is -2.14. The minimum Gasteiger partial charge on any atom is -0.407 e. The van der Waals surface area contributed by atoms with E-state index in [-0.39, 0.29) is 0 Å². The minimum atomic E-state index is -0.951. The summed E-state index contributed by atoms with van der Waals surface area (Å²) in [6.45, 7) is 3.17. The third kappa shape index (κ3) is 4.42. The Balaban J connectivity index is 1.39. The molecule has 32 heavy (non-hydrogen) atoms. The molecule has 0 aliphatic heterocycles. The van der Waals surface area contributed by atoms with Crippen LogP contribution in [-0.4, -0.2) is 66.1 Å². The van der Waals surface area contributed by atoms with Crippen molar-refractivity contribution < 1.29 is 14.3 Å². The Bertz CT molecular complexity index is 1130. The van der Waals surface area contributed by atoms with Crippen LogP contribution in [0.5, 0.6) is 0 Å². The monoisotopic (exact) mass is 666 g/mol. The van der Waals surface area contributed by atoms with Crippen LogP contribution >= 0.6 is 45.2 Å². The predicted molar refractivity (Wildman–Crippen MR) is 122 cm³/mol. The molecule has 0 saturated carbocycles. The van der Waals surface area contributed by atoms with Gasteiger partial charge in [0.15, 0.2) is 0 Å². The van der Waals surface area contributed by atoms with E-state index in [4.69, 9.17) is 9.47 Å². The molecule has 2 unspecified atom stereocenters. The number of hydrogen-bond acceptors (Lipinski definition) is 11. The van der Waals surface area contributed by atoms with Crippen molar-refractivity contribution >= 4 is 51.3 Å². The Morgan fingerprint density at radius 1 is 0.844 bits per heavy atom. The molecule has 168 valence electrons. The Hall–Kier alpha value is -2.71. The first-order valence-electron chi connectivity index (χ1n) is 9.06. The van der Waals surface area contributed by atoms with E-state index in [0.717, 1.165) is 7.14 Å². The highest BCUT2D eigenvalue weighted by Crippen LogP contribution is 2.22. The van der Waals surface area contributed by atoms with E-state index in [2.05, 4.69) is 86.2 Å². The number of aromatic nitrogens is 12. The van der Waals surface area contributed by atoms with Gasteiger partial charge in [-0.2, -0.15) is 10.2 Å². The molecule has 4 rings (SSSR count). The molecule has 0 aliphatic rings. The standard InChI is InChI=1S/C15H16I2N12O3/c1-7(28-22-13(20-24-28)11-9(16)5-18-26(11)3)31-15(30)32-8(2)29-23-14(21-25-29)12-10(17)6-19-27(12)4/h5-8H,1-4H3. The molecule has 4 aromatic heterocycles. The maximum absolute atomic E-state index is 12.2. The Kier molecular flexibility index (Phi) is 6.35. The van der Waals surface area contributed by atoms with E-state index >= 15 is 0 Å². The van der Waals surface area contributed by atoms with E-state index in [1.807, 2.05) is 0 Å². The maximum Gasteiger partial charge on any atom is 0.512 e. The van der Waals surface area contributed by atoms with Crippen LogP contribution in [0.2, 0.25) is 0 Å². The number of ether oxygens (including phenoxy) is 2. The number of rotatable bonds is 6. The van der Waals surface area contributed by atoms with Crippen LogP contribution in [0, 0.1) is 7.14 Å². The molecule has 0 spiro atoms. The lowest BCUT2D eigenvalue weighted by atomic mass is 10.4. The molecule has 0 radical (unpaired) electrons. The Morgan fingerprint density at radius 3 is 1.59 bits per heavy atom. The van der Waals surface area contributed by atoms with Crippen LogP contribution in [0.4, 0.5) is 4.79 Å². The van der Waals surface area contributed by atoms with Gasteiger partial charge in [0.1, 0.15) is 11.4 Å². The van der Waals surface area contributed by atoms with E-state index in [1.165, 1.54) is 9.59 Å². The van der Waals surface area contributed by atoms with Crippen molar-refractivity contribution in [3.8, 4) is 23.0 Å². The van der Waals surface area contributed by atoms with Gasteiger partial charge in [-0.05, 0) is 69.5 Å². The number of tetrazole rings is 2. The highest BCUT2D eigenvalue weighted by atomic mass is 127. The second-order valence-corrected chi connectivity index (χ2v) is 8.81. The van der Waals surface area contributed by atoms with Gasteiger partial charge in [0, 0.05) is 14.1 Å². The quantitative estimate of drug-likeness (QED) is 0.217. The molecule has 0 saturated heterocycles. The molecule has 0 bridgehead atoms. The third-order valence-corrected chi connectivity index (χ3v) is 5.83. The van der Waals surface area contributed by atoms with Gasteiger partial charge in [-0.3, -0.25) is 9.36 Å². The highest BCUT2D eigenvalue weighted by Gasteiger charge is 2.23. The van der Waals surface area contributed by atoms with Crippen molar-refractivity contribution in [2.75, 3.05) is 0 Å². The summed E-state index contributed by atoms with van der Waals surface area (Å²) in [6.07, 6.45) is 0.699. The van der Waals surface area contributed by atoms with Crippen LogP contribution < -0.4 is 0 Å². The number of carbonyl (C=O) groups is 1. The van der Waals surface area contributed by atoms with Gasteiger partial charge >= 0.3 is 6.16 Å². The van der Waals surface area contributed by atoms with E-state index in [9.17, 15) is 4.79 Å². The second kappa shape index (κ2) is 9.03. The number of nitrogens with zero attached hydrogens (tertiary/aromatic N) is 12. The van der Waals surface area contributed by atoms with Crippen LogP contribution in [0.1, 0.15) is 26.3 Å². The van der Waals surface area contributed by atoms with Crippen molar-refractivity contribution in [3.63, 3.8) is 0 Å².